The van der Waals surface area contributed by atoms with Gasteiger partial charge in [0.1, 0.15) is 11.8 Å². The maximum absolute atomic E-state index is 12.2. The largest absolute Gasteiger partial charge is 0.495 e. The average Bonchev–Trinajstić information content (AvgIpc) is 3.05. The molecule has 0 bridgehead atoms. The molecule has 0 spiro atoms. The Morgan fingerprint density at radius 3 is 2.81 bits per heavy atom. The zero-order valence-corrected chi connectivity index (χ0v) is 12.6. The van der Waals surface area contributed by atoms with Gasteiger partial charge in [0.25, 0.3) is 0 Å². The van der Waals surface area contributed by atoms with Crippen molar-refractivity contribution in [1.29, 1.82) is 5.26 Å². The molecule has 1 aliphatic heterocycles. The highest BCUT2D eigenvalue weighted by molar-refractivity contribution is 5.81. The third-order valence-corrected chi connectivity index (χ3v) is 3.79. The molecule has 112 valence electrons. The minimum absolute atomic E-state index is 0.160. The fraction of sp³-hybridized carbons (Fsp3) is 0.500. The summed E-state index contributed by atoms with van der Waals surface area (Å²) in [6.07, 6.45) is 2.20. The SMILES string of the molecule is COc1cc(CNC(C)C(=O)N2CCCC2)ccc1C#N. The molecule has 0 aliphatic carbocycles. The number of nitrogens with zero attached hydrogens (tertiary/aromatic N) is 2. The first-order chi connectivity index (χ1) is 10.2. The zero-order chi connectivity index (χ0) is 15.2. The molecular formula is C16H21N3O2. The van der Waals surface area contributed by atoms with Crippen LogP contribution >= 0.6 is 0 Å². The van der Waals surface area contributed by atoms with Crippen molar-refractivity contribution in [2.24, 2.45) is 0 Å². The topological polar surface area (TPSA) is 65.4 Å². The van der Waals surface area contributed by atoms with Crippen molar-refractivity contribution < 1.29 is 9.53 Å². The van der Waals surface area contributed by atoms with E-state index in [2.05, 4.69) is 11.4 Å². The van der Waals surface area contributed by atoms with E-state index < -0.39 is 0 Å². The van der Waals surface area contributed by atoms with Gasteiger partial charge in [-0.2, -0.15) is 5.26 Å². The highest BCUT2D eigenvalue weighted by Crippen LogP contribution is 2.19. The van der Waals surface area contributed by atoms with E-state index in [0.29, 0.717) is 17.9 Å². The number of likely N-dealkylation sites (tertiary alicyclic amines) is 1. The van der Waals surface area contributed by atoms with Crippen LogP contribution in [0.2, 0.25) is 0 Å². The lowest BCUT2D eigenvalue weighted by atomic mass is 10.1. The summed E-state index contributed by atoms with van der Waals surface area (Å²) in [5.41, 5.74) is 1.51. The highest BCUT2D eigenvalue weighted by atomic mass is 16.5. The minimum atomic E-state index is -0.204. The number of hydrogen-bond donors (Lipinski definition) is 1. The molecule has 0 aromatic heterocycles. The van der Waals surface area contributed by atoms with E-state index >= 15 is 0 Å². The summed E-state index contributed by atoms with van der Waals surface area (Å²) < 4.78 is 5.19. The second kappa shape index (κ2) is 7.09. The Kier molecular flexibility index (Phi) is 5.18. The first-order valence-electron chi connectivity index (χ1n) is 7.25. The maximum Gasteiger partial charge on any atom is 0.239 e. The molecule has 5 heteroatoms. The normalized spacial score (nSPS) is 15.6. The van der Waals surface area contributed by atoms with Crippen molar-refractivity contribution in [3.05, 3.63) is 29.3 Å². The lowest BCUT2D eigenvalue weighted by Crippen LogP contribution is -2.43. The molecule has 1 N–H and O–H groups in total. The fourth-order valence-corrected chi connectivity index (χ4v) is 2.51. The number of carbonyl (C=O) groups is 1. The first-order valence-corrected chi connectivity index (χ1v) is 7.25. The van der Waals surface area contributed by atoms with Crippen LogP contribution in [0.5, 0.6) is 5.75 Å². The number of nitriles is 1. The predicted octanol–water partition coefficient (Wildman–Crippen LogP) is 1.67. The number of nitrogens with one attached hydrogen (secondary N) is 1. The molecule has 1 saturated heterocycles. The number of ether oxygens (including phenoxy) is 1. The van der Waals surface area contributed by atoms with Gasteiger partial charge in [-0.15, -0.1) is 0 Å². The van der Waals surface area contributed by atoms with Crippen molar-refractivity contribution >= 4 is 5.91 Å². The van der Waals surface area contributed by atoms with E-state index in [1.165, 1.54) is 0 Å². The third kappa shape index (κ3) is 3.73. The predicted molar refractivity (Wildman–Crippen MR) is 79.8 cm³/mol. The summed E-state index contributed by atoms with van der Waals surface area (Å²) in [5.74, 6) is 0.725. The molecule has 5 nitrogen and oxygen atoms in total. The zero-order valence-electron chi connectivity index (χ0n) is 12.6. The molecule has 21 heavy (non-hydrogen) atoms. The van der Waals surface area contributed by atoms with Crippen LogP contribution in [-0.4, -0.2) is 37.0 Å². The molecule has 2 rings (SSSR count). The van der Waals surface area contributed by atoms with Gasteiger partial charge >= 0.3 is 0 Å². The summed E-state index contributed by atoms with van der Waals surface area (Å²) >= 11 is 0. The Morgan fingerprint density at radius 1 is 1.48 bits per heavy atom. The monoisotopic (exact) mass is 287 g/mol. The number of methoxy groups -OCH3 is 1. The smallest absolute Gasteiger partial charge is 0.239 e. The van der Waals surface area contributed by atoms with Gasteiger partial charge in [0.15, 0.2) is 0 Å². The molecule has 1 atom stereocenters. The van der Waals surface area contributed by atoms with Crippen LogP contribution in [0.4, 0.5) is 0 Å². The van der Waals surface area contributed by atoms with Crippen LogP contribution in [0.1, 0.15) is 30.9 Å². The molecule has 1 aliphatic rings. The molecule has 0 radical (unpaired) electrons. The van der Waals surface area contributed by atoms with Gasteiger partial charge in [-0.25, -0.2) is 0 Å². The van der Waals surface area contributed by atoms with Crippen LogP contribution in [-0.2, 0) is 11.3 Å². The van der Waals surface area contributed by atoms with Gasteiger partial charge in [-0.05, 0) is 37.5 Å². The van der Waals surface area contributed by atoms with Gasteiger partial charge in [0, 0.05) is 19.6 Å². The van der Waals surface area contributed by atoms with Crippen molar-refractivity contribution in [3.63, 3.8) is 0 Å². The van der Waals surface area contributed by atoms with E-state index in [0.717, 1.165) is 31.5 Å². The van der Waals surface area contributed by atoms with Crippen LogP contribution in [0.15, 0.2) is 18.2 Å². The molecule has 1 aromatic rings. The van der Waals surface area contributed by atoms with Gasteiger partial charge in [-0.3, -0.25) is 4.79 Å². The minimum Gasteiger partial charge on any atom is -0.495 e. The van der Waals surface area contributed by atoms with Crippen molar-refractivity contribution in [1.82, 2.24) is 10.2 Å². The fourth-order valence-electron chi connectivity index (χ4n) is 2.51. The summed E-state index contributed by atoms with van der Waals surface area (Å²) in [4.78, 5) is 14.1. The lowest BCUT2D eigenvalue weighted by molar-refractivity contribution is -0.131. The van der Waals surface area contributed by atoms with Gasteiger partial charge in [0.2, 0.25) is 5.91 Å². The number of carbonyl (C=O) groups excluding carboxylic acids is 1. The standard InChI is InChI=1S/C16H21N3O2/c1-12(16(20)19-7-3-4-8-19)18-11-13-5-6-14(10-17)15(9-13)21-2/h5-6,9,12,18H,3-4,7-8,11H2,1-2H3. The molecule has 1 unspecified atom stereocenters. The summed E-state index contributed by atoms with van der Waals surface area (Å²) in [6, 6.07) is 7.33. The maximum atomic E-state index is 12.2. The molecule has 1 heterocycles. The summed E-state index contributed by atoms with van der Waals surface area (Å²) in [5, 5.41) is 12.2. The Morgan fingerprint density at radius 2 is 2.19 bits per heavy atom. The second-order valence-corrected chi connectivity index (χ2v) is 5.28. The van der Waals surface area contributed by atoms with Crippen LogP contribution < -0.4 is 10.1 Å². The average molecular weight is 287 g/mol. The molecule has 1 amide bonds. The van der Waals surface area contributed by atoms with Crippen molar-refractivity contribution in [2.75, 3.05) is 20.2 Å². The molecule has 1 aromatic carbocycles. The lowest BCUT2D eigenvalue weighted by Gasteiger charge is -2.21. The Bertz CT molecular complexity index is 545. The van der Waals surface area contributed by atoms with Crippen molar-refractivity contribution in [3.8, 4) is 11.8 Å². The summed E-state index contributed by atoms with van der Waals surface area (Å²) in [7, 11) is 1.55. The van der Waals surface area contributed by atoms with Crippen LogP contribution in [0, 0.1) is 11.3 Å². The molecular weight excluding hydrogens is 266 g/mol. The van der Waals surface area contributed by atoms with Crippen LogP contribution in [0.25, 0.3) is 0 Å². The van der Waals surface area contributed by atoms with Gasteiger partial charge < -0.3 is 15.0 Å². The van der Waals surface area contributed by atoms with Gasteiger partial charge in [-0.1, -0.05) is 6.07 Å². The molecule has 0 saturated carbocycles. The van der Waals surface area contributed by atoms with E-state index in [1.807, 2.05) is 24.0 Å². The Hall–Kier alpha value is -2.06. The number of rotatable bonds is 5. The number of benzene rings is 1. The second-order valence-electron chi connectivity index (χ2n) is 5.28. The first kappa shape index (κ1) is 15.3. The van der Waals surface area contributed by atoms with E-state index in [-0.39, 0.29) is 11.9 Å². The third-order valence-electron chi connectivity index (χ3n) is 3.79. The van der Waals surface area contributed by atoms with Crippen molar-refractivity contribution in [2.45, 2.75) is 32.4 Å². The van der Waals surface area contributed by atoms with E-state index in [4.69, 9.17) is 10.00 Å². The highest BCUT2D eigenvalue weighted by Gasteiger charge is 2.22. The number of hydrogen-bond acceptors (Lipinski definition) is 4. The van der Waals surface area contributed by atoms with Crippen LogP contribution in [0.3, 0.4) is 0 Å². The molecule has 1 fully saturated rings. The Labute approximate surface area is 125 Å². The van der Waals surface area contributed by atoms with E-state index in [1.54, 1.807) is 13.2 Å². The Balaban J connectivity index is 1.93. The summed E-state index contributed by atoms with van der Waals surface area (Å²) in [6.45, 7) is 4.20. The van der Waals surface area contributed by atoms with Gasteiger partial charge in [0.05, 0.1) is 18.7 Å². The number of amides is 1. The quantitative estimate of drug-likeness (QED) is 0.894. The van der Waals surface area contributed by atoms with E-state index in [9.17, 15) is 4.79 Å².